The average Bonchev–Trinajstić information content (AvgIpc) is 3.88. The molecule has 8 aromatic carbocycles. The summed E-state index contributed by atoms with van der Waals surface area (Å²) in [5.74, 6) is 0.630. The lowest BCUT2D eigenvalue weighted by molar-refractivity contribution is 0.671. The first kappa shape index (κ1) is 28.5. The van der Waals surface area contributed by atoms with Crippen LogP contribution < -0.4 is 0 Å². The average molecular weight is 677 g/mol. The predicted octanol–water partition coefficient (Wildman–Crippen LogP) is 12.5. The molecule has 0 N–H and O–H groups in total. The van der Waals surface area contributed by atoms with Gasteiger partial charge in [-0.1, -0.05) is 133 Å². The number of fused-ring (bicyclic) bond motifs is 13. The number of hydrogen-bond donors (Lipinski definition) is 0. The quantitative estimate of drug-likeness (QED) is 0.187. The molecule has 0 bridgehead atoms. The molecule has 0 aliphatic carbocycles. The van der Waals surface area contributed by atoms with Crippen LogP contribution in [-0.2, 0) is 0 Å². The standard InChI is InChI=1S/C48H28N4O/c1-2-13-30(14-3-1)43-39-18-6-9-19-40(39)49-48(50-43)52-41-20-10-7-16-33(41)35-24-25-36-37-26-27-38-34-17-8-11-21-42(34)53-47(38)46(37)51(44(36)45(35)52)32-23-22-29-12-4-5-15-31(29)28-32/h1-28H. The molecular weight excluding hydrogens is 649 g/mol. The first-order valence-electron chi connectivity index (χ1n) is 17.9. The van der Waals surface area contributed by atoms with Crippen molar-refractivity contribution >= 4 is 87.2 Å². The van der Waals surface area contributed by atoms with Gasteiger partial charge in [-0.05, 0) is 47.2 Å². The Hall–Kier alpha value is -7.24. The van der Waals surface area contributed by atoms with Crippen LogP contribution in [0.25, 0.3) is 110 Å². The second kappa shape index (κ2) is 10.6. The SMILES string of the molecule is c1ccc(-c2nc(-n3c4ccccc4c4ccc5c6ccc7c8ccccc8oc7c6n(-c6ccc7ccccc7c6)c5c43)nc3ccccc23)cc1. The molecule has 5 nitrogen and oxygen atoms in total. The van der Waals surface area contributed by atoms with Gasteiger partial charge in [-0.25, -0.2) is 9.97 Å². The molecule has 246 valence electrons. The second-order valence-corrected chi connectivity index (χ2v) is 13.8. The van der Waals surface area contributed by atoms with E-state index in [0.29, 0.717) is 5.95 Å². The van der Waals surface area contributed by atoms with Crippen LogP contribution in [0.2, 0.25) is 0 Å². The van der Waals surface area contributed by atoms with Crippen molar-refractivity contribution in [1.29, 1.82) is 0 Å². The van der Waals surface area contributed by atoms with E-state index in [1.54, 1.807) is 0 Å². The van der Waals surface area contributed by atoms with E-state index in [-0.39, 0.29) is 0 Å². The summed E-state index contributed by atoms with van der Waals surface area (Å²) in [6, 6.07) is 60.0. The first-order chi connectivity index (χ1) is 26.3. The molecule has 0 atom stereocenters. The van der Waals surface area contributed by atoms with E-state index in [2.05, 4.69) is 161 Å². The third-order valence-corrected chi connectivity index (χ3v) is 10.9. The Morgan fingerprint density at radius 1 is 0.415 bits per heavy atom. The Balaban J connectivity index is 1.31. The molecule has 0 fully saturated rings. The van der Waals surface area contributed by atoms with Crippen LogP contribution in [0.15, 0.2) is 174 Å². The topological polar surface area (TPSA) is 48.8 Å². The van der Waals surface area contributed by atoms with Gasteiger partial charge in [0.15, 0.2) is 5.58 Å². The van der Waals surface area contributed by atoms with Crippen molar-refractivity contribution in [2.24, 2.45) is 0 Å². The highest BCUT2D eigenvalue weighted by atomic mass is 16.3. The highest BCUT2D eigenvalue weighted by Crippen LogP contribution is 2.45. The molecule has 12 aromatic rings. The van der Waals surface area contributed by atoms with Gasteiger partial charge >= 0.3 is 0 Å². The zero-order chi connectivity index (χ0) is 34.6. The van der Waals surface area contributed by atoms with Gasteiger partial charge in [-0.15, -0.1) is 0 Å². The maximum Gasteiger partial charge on any atom is 0.235 e. The largest absolute Gasteiger partial charge is 0.454 e. The summed E-state index contributed by atoms with van der Waals surface area (Å²) in [6.45, 7) is 0. The summed E-state index contributed by atoms with van der Waals surface area (Å²) in [7, 11) is 0. The monoisotopic (exact) mass is 676 g/mol. The lowest BCUT2D eigenvalue weighted by Crippen LogP contribution is -2.04. The molecular formula is C48H28N4O. The first-order valence-corrected chi connectivity index (χ1v) is 17.9. The summed E-state index contributed by atoms with van der Waals surface area (Å²) < 4.78 is 11.5. The summed E-state index contributed by atoms with van der Waals surface area (Å²) in [6.07, 6.45) is 0. The number of benzene rings is 8. The number of hydrogen-bond acceptors (Lipinski definition) is 3. The molecule has 0 saturated carbocycles. The third kappa shape index (κ3) is 3.96. The van der Waals surface area contributed by atoms with Crippen LogP contribution in [0.3, 0.4) is 0 Å². The molecule has 0 amide bonds. The van der Waals surface area contributed by atoms with Crippen molar-refractivity contribution in [3.8, 4) is 22.9 Å². The van der Waals surface area contributed by atoms with Gasteiger partial charge in [-0.3, -0.25) is 4.57 Å². The van der Waals surface area contributed by atoms with E-state index in [4.69, 9.17) is 14.4 Å². The fourth-order valence-corrected chi connectivity index (χ4v) is 8.57. The highest BCUT2D eigenvalue weighted by Gasteiger charge is 2.25. The molecule has 4 heterocycles. The smallest absolute Gasteiger partial charge is 0.235 e. The van der Waals surface area contributed by atoms with E-state index >= 15 is 0 Å². The molecule has 0 saturated heterocycles. The lowest BCUT2D eigenvalue weighted by Gasteiger charge is -2.14. The minimum Gasteiger partial charge on any atom is -0.454 e. The van der Waals surface area contributed by atoms with Gasteiger partial charge < -0.3 is 8.98 Å². The zero-order valence-corrected chi connectivity index (χ0v) is 28.4. The Kier molecular flexibility index (Phi) is 5.71. The molecule has 12 rings (SSSR count). The zero-order valence-electron chi connectivity index (χ0n) is 28.4. The molecule has 0 radical (unpaired) electrons. The molecule has 0 aliphatic rings. The molecule has 5 heteroatoms. The van der Waals surface area contributed by atoms with E-state index in [9.17, 15) is 0 Å². The van der Waals surface area contributed by atoms with Gasteiger partial charge in [-0.2, -0.15) is 0 Å². The van der Waals surface area contributed by atoms with Crippen LogP contribution in [0.5, 0.6) is 0 Å². The lowest BCUT2D eigenvalue weighted by atomic mass is 10.1. The Bertz CT molecular complexity index is 3460. The highest BCUT2D eigenvalue weighted by molar-refractivity contribution is 6.28. The summed E-state index contributed by atoms with van der Waals surface area (Å²) in [4.78, 5) is 10.7. The fraction of sp³-hybridized carbons (Fsp3) is 0. The maximum atomic E-state index is 6.79. The fourth-order valence-electron chi connectivity index (χ4n) is 8.57. The number of nitrogens with zero attached hydrogens (tertiary/aromatic N) is 4. The second-order valence-electron chi connectivity index (χ2n) is 13.8. The molecule has 4 aromatic heterocycles. The van der Waals surface area contributed by atoms with Crippen molar-refractivity contribution < 1.29 is 4.42 Å². The van der Waals surface area contributed by atoms with Gasteiger partial charge in [0.1, 0.15) is 5.58 Å². The van der Waals surface area contributed by atoms with Crippen molar-refractivity contribution in [2.75, 3.05) is 0 Å². The van der Waals surface area contributed by atoms with E-state index in [0.717, 1.165) is 93.4 Å². The summed E-state index contributed by atoms with van der Waals surface area (Å²) >= 11 is 0. The number of aromatic nitrogens is 4. The number of rotatable bonds is 3. The van der Waals surface area contributed by atoms with Crippen molar-refractivity contribution in [3.05, 3.63) is 170 Å². The predicted molar refractivity (Wildman–Crippen MR) is 218 cm³/mol. The Morgan fingerprint density at radius 2 is 1.06 bits per heavy atom. The van der Waals surface area contributed by atoms with Crippen LogP contribution in [0.4, 0.5) is 0 Å². The minimum atomic E-state index is 0.630. The van der Waals surface area contributed by atoms with Crippen LogP contribution in [-0.4, -0.2) is 19.1 Å². The summed E-state index contributed by atoms with van der Waals surface area (Å²) in [5, 5.41) is 10.1. The van der Waals surface area contributed by atoms with Crippen LogP contribution in [0.1, 0.15) is 0 Å². The maximum absolute atomic E-state index is 6.79. The Morgan fingerprint density at radius 3 is 1.92 bits per heavy atom. The Labute approximate surface area is 302 Å². The molecule has 53 heavy (non-hydrogen) atoms. The van der Waals surface area contributed by atoms with Gasteiger partial charge in [0.2, 0.25) is 5.95 Å². The summed E-state index contributed by atoms with van der Waals surface area (Å²) in [5.41, 5.74) is 9.88. The van der Waals surface area contributed by atoms with Crippen LogP contribution in [0, 0.1) is 0 Å². The van der Waals surface area contributed by atoms with Crippen molar-refractivity contribution in [1.82, 2.24) is 19.1 Å². The normalized spacial score (nSPS) is 12.2. The van der Waals surface area contributed by atoms with Gasteiger partial charge in [0.05, 0.1) is 33.3 Å². The molecule has 0 spiro atoms. The van der Waals surface area contributed by atoms with E-state index in [1.807, 2.05) is 18.2 Å². The third-order valence-electron chi connectivity index (χ3n) is 10.9. The van der Waals surface area contributed by atoms with Gasteiger partial charge in [0, 0.05) is 49.0 Å². The minimum absolute atomic E-state index is 0.630. The van der Waals surface area contributed by atoms with E-state index in [1.165, 1.54) is 10.8 Å². The van der Waals surface area contributed by atoms with Crippen LogP contribution >= 0.6 is 0 Å². The number of furan rings is 1. The number of para-hydroxylation sites is 3. The molecule has 0 unspecified atom stereocenters. The van der Waals surface area contributed by atoms with Gasteiger partial charge in [0.25, 0.3) is 0 Å². The molecule has 0 aliphatic heterocycles. The van der Waals surface area contributed by atoms with Crippen molar-refractivity contribution in [3.63, 3.8) is 0 Å². The van der Waals surface area contributed by atoms with E-state index < -0.39 is 0 Å². The van der Waals surface area contributed by atoms with Crippen molar-refractivity contribution in [2.45, 2.75) is 0 Å².